The Bertz CT molecular complexity index is 289. The maximum absolute atomic E-state index is 12.0. The van der Waals surface area contributed by atoms with Crippen LogP contribution in [0.5, 0.6) is 0 Å². The van der Waals surface area contributed by atoms with Crippen molar-refractivity contribution in [2.24, 2.45) is 17.8 Å². The smallest absolute Gasteiger partial charge is 0.225 e. The molecule has 1 amide bonds. The van der Waals surface area contributed by atoms with Gasteiger partial charge in [0.05, 0.1) is 0 Å². The van der Waals surface area contributed by atoms with E-state index in [1.54, 1.807) is 0 Å². The Morgan fingerprint density at radius 3 is 2.28 bits per heavy atom. The molecule has 1 aliphatic heterocycles. The summed E-state index contributed by atoms with van der Waals surface area (Å²) in [5.74, 6) is 2.12. The van der Waals surface area contributed by atoms with E-state index >= 15 is 0 Å². The number of fused-ring (bicyclic) bond motifs is 1. The summed E-state index contributed by atoms with van der Waals surface area (Å²) in [6, 6.07) is 0.499. The lowest BCUT2D eigenvalue weighted by atomic mass is 10.0. The van der Waals surface area contributed by atoms with Crippen molar-refractivity contribution in [2.45, 2.75) is 46.1 Å². The number of carbonyl (C=O) groups is 1. The van der Waals surface area contributed by atoms with E-state index in [2.05, 4.69) is 11.8 Å². The Morgan fingerprint density at radius 2 is 1.83 bits per heavy atom. The Balaban J connectivity index is 1.86. The second-order valence-electron chi connectivity index (χ2n) is 6.51. The van der Waals surface area contributed by atoms with Crippen LogP contribution in [-0.4, -0.2) is 48.4 Å². The second kappa shape index (κ2) is 5.60. The lowest BCUT2D eigenvalue weighted by Gasteiger charge is -2.28. The Kier molecular flexibility index (Phi) is 4.31. The molecule has 0 aromatic rings. The molecule has 2 aliphatic rings. The van der Waals surface area contributed by atoms with Crippen molar-refractivity contribution in [1.82, 2.24) is 9.80 Å². The molecule has 0 bridgehead atoms. The third-order valence-corrected chi connectivity index (χ3v) is 4.73. The van der Waals surface area contributed by atoms with Crippen molar-refractivity contribution >= 4 is 5.91 Å². The van der Waals surface area contributed by atoms with E-state index in [9.17, 15) is 4.79 Å². The molecule has 3 nitrogen and oxygen atoms in total. The fraction of sp³-hybridized carbons (Fsp3) is 0.933. The molecule has 1 aliphatic carbocycles. The molecule has 0 spiro atoms. The molecule has 3 atom stereocenters. The molecule has 104 valence electrons. The first kappa shape index (κ1) is 13.9. The number of hydrogen-bond donors (Lipinski definition) is 0. The molecule has 0 radical (unpaired) electrons. The van der Waals surface area contributed by atoms with Crippen LogP contribution in [0, 0.1) is 17.8 Å². The fourth-order valence-electron chi connectivity index (χ4n) is 3.77. The summed E-state index contributed by atoms with van der Waals surface area (Å²) < 4.78 is 0. The van der Waals surface area contributed by atoms with Crippen LogP contribution in [0.3, 0.4) is 0 Å². The van der Waals surface area contributed by atoms with Crippen LogP contribution in [0.15, 0.2) is 0 Å². The topological polar surface area (TPSA) is 23.6 Å². The van der Waals surface area contributed by atoms with Crippen molar-refractivity contribution in [3.8, 4) is 0 Å². The summed E-state index contributed by atoms with van der Waals surface area (Å²) in [6.45, 7) is 10.0. The maximum Gasteiger partial charge on any atom is 0.225 e. The predicted octanol–water partition coefficient (Wildman–Crippen LogP) is 2.22. The molecule has 2 rings (SSSR count). The highest BCUT2D eigenvalue weighted by molar-refractivity contribution is 5.78. The van der Waals surface area contributed by atoms with E-state index in [4.69, 9.17) is 0 Å². The van der Waals surface area contributed by atoms with Gasteiger partial charge in [0.1, 0.15) is 0 Å². The quantitative estimate of drug-likeness (QED) is 0.766. The zero-order valence-electron chi connectivity index (χ0n) is 12.4. The van der Waals surface area contributed by atoms with Crippen LogP contribution >= 0.6 is 0 Å². The Labute approximate surface area is 112 Å². The number of hydrogen-bond acceptors (Lipinski definition) is 2. The highest BCUT2D eigenvalue weighted by Gasteiger charge is 2.42. The van der Waals surface area contributed by atoms with Crippen LogP contribution in [-0.2, 0) is 4.79 Å². The molecule has 1 saturated heterocycles. The minimum atomic E-state index is 0.132. The summed E-state index contributed by atoms with van der Waals surface area (Å²) in [5.41, 5.74) is 0. The minimum absolute atomic E-state index is 0.132. The molecule has 3 heteroatoms. The zero-order chi connectivity index (χ0) is 13.3. The lowest BCUT2D eigenvalue weighted by Crippen LogP contribution is -2.39. The van der Waals surface area contributed by atoms with E-state index in [0.717, 1.165) is 11.8 Å². The first-order valence-corrected chi connectivity index (χ1v) is 7.52. The summed E-state index contributed by atoms with van der Waals surface area (Å²) in [5, 5.41) is 0. The largest absolute Gasteiger partial charge is 0.343 e. The average Bonchev–Trinajstić information content (AvgIpc) is 2.85. The fourth-order valence-corrected chi connectivity index (χ4v) is 3.77. The van der Waals surface area contributed by atoms with Gasteiger partial charge in [-0.3, -0.25) is 4.79 Å². The molecular weight excluding hydrogens is 224 g/mol. The third kappa shape index (κ3) is 2.71. The molecule has 0 aromatic carbocycles. The standard InChI is InChI=1S/C15H28N2O/c1-5-6-17-9-12-7-14(8-13(12)10-17)16(4)15(18)11(2)3/h11-14H,5-10H2,1-4H3/t12-,13+,14?. The van der Waals surface area contributed by atoms with E-state index in [1.165, 1.54) is 38.9 Å². The van der Waals surface area contributed by atoms with E-state index in [0.29, 0.717) is 11.9 Å². The summed E-state index contributed by atoms with van der Waals surface area (Å²) in [4.78, 5) is 16.7. The van der Waals surface area contributed by atoms with E-state index < -0.39 is 0 Å². The van der Waals surface area contributed by atoms with Gasteiger partial charge in [-0.05, 0) is 37.6 Å². The second-order valence-corrected chi connectivity index (χ2v) is 6.51. The van der Waals surface area contributed by atoms with Gasteiger partial charge in [-0.1, -0.05) is 20.8 Å². The van der Waals surface area contributed by atoms with Crippen molar-refractivity contribution < 1.29 is 4.79 Å². The highest BCUT2D eigenvalue weighted by Crippen LogP contribution is 2.40. The lowest BCUT2D eigenvalue weighted by molar-refractivity contribution is -0.135. The molecule has 2 fully saturated rings. The van der Waals surface area contributed by atoms with Crippen LogP contribution in [0.1, 0.15) is 40.0 Å². The number of carbonyl (C=O) groups excluding carboxylic acids is 1. The number of rotatable bonds is 4. The normalized spacial score (nSPS) is 31.9. The molecule has 1 saturated carbocycles. The van der Waals surface area contributed by atoms with E-state index in [-0.39, 0.29) is 5.92 Å². The van der Waals surface area contributed by atoms with Crippen molar-refractivity contribution in [3.63, 3.8) is 0 Å². The summed E-state index contributed by atoms with van der Waals surface area (Å²) in [6.07, 6.45) is 3.70. The predicted molar refractivity (Wildman–Crippen MR) is 74.3 cm³/mol. The third-order valence-electron chi connectivity index (χ3n) is 4.73. The summed E-state index contributed by atoms with van der Waals surface area (Å²) in [7, 11) is 2.00. The van der Waals surface area contributed by atoms with Crippen molar-refractivity contribution in [1.29, 1.82) is 0 Å². The van der Waals surface area contributed by atoms with Crippen LogP contribution in [0.2, 0.25) is 0 Å². The molecule has 0 aromatic heterocycles. The van der Waals surface area contributed by atoms with Crippen molar-refractivity contribution in [3.05, 3.63) is 0 Å². The summed E-state index contributed by atoms with van der Waals surface area (Å²) >= 11 is 0. The highest BCUT2D eigenvalue weighted by atomic mass is 16.2. The number of nitrogens with zero attached hydrogens (tertiary/aromatic N) is 2. The average molecular weight is 252 g/mol. The minimum Gasteiger partial charge on any atom is -0.343 e. The van der Waals surface area contributed by atoms with Crippen LogP contribution in [0.25, 0.3) is 0 Å². The number of likely N-dealkylation sites (tertiary alicyclic amines) is 1. The molecule has 18 heavy (non-hydrogen) atoms. The van der Waals surface area contributed by atoms with Gasteiger partial charge in [0.25, 0.3) is 0 Å². The van der Waals surface area contributed by atoms with Gasteiger partial charge in [0.15, 0.2) is 0 Å². The maximum atomic E-state index is 12.0. The first-order chi connectivity index (χ1) is 8.52. The van der Waals surface area contributed by atoms with Crippen LogP contribution in [0.4, 0.5) is 0 Å². The molecule has 1 heterocycles. The first-order valence-electron chi connectivity index (χ1n) is 7.52. The van der Waals surface area contributed by atoms with Gasteiger partial charge in [0, 0.05) is 32.1 Å². The van der Waals surface area contributed by atoms with Gasteiger partial charge in [0.2, 0.25) is 5.91 Å². The van der Waals surface area contributed by atoms with E-state index in [1.807, 2.05) is 25.8 Å². The van der Waals surface area contributed by atoms with Crippen LogP contribution < -0.4 is 0 Å². The Morgan fingerprint density at radius 1 is 1.28 bits per heavy atom. The number of amides is 1. The molecular formula is C15H28N2O. The monoisotopic (exact) mass is 252 g/mol. The van der Waals surface area contributed by atoms with Gasteiger partial charge < -0.3 is 9.80 Å². The zero-order valence-corrected chi connectivity index (χ0v) is 12.4. The molecule has 0 N–H and O–H groups in total. The molecule has 1 unspecified atom stereocenters. The SMILES string of the molecule is CCCN1C[C@H]2CC(N(C)C(=O)C(C)C)C[C@H]2C1. The van der Waals surface area contributed by atoms with Gasteiger partial charge in [-0.25, -0.2) is 0 Å². The van der Waals surface area contributed by atoms with Crippen molar-refractivity contribution in [2.75, 3.05) is 26.7 Å². The van der Waals surface area contributed by atoms with Gasteiger partial charge in [-0.2, -0.15) is 0 Å². The van der Waals surface area contributed by atoms with Gasteiger partial charge in [-0.15, -0.1) is 0 Å². The van der Waals surface area contributed by atoms with Gasteiger partial charge >= 0.3 is 0 Å². The Hall–Kier alpha value is -0.570.